The molecule has 0 radical (unpaired) electrons. The van der Waals surface area contributed by atoms with Crippen LogP contribution in [0.5, 0.6) is 5.75 Å². The largest absolute Gasteiger partial charge is 0.496 e. The molecular formula is C29H32F2N4O2S. The fourth-order valence-electron chi connectivity index (χ4n) is 7.22. The lowest BCUT2D eigenvalue weighted by Gasteiger charge is -2.56. The van der Waals surface area contributed by atoms with E-state index in [1.165, 1.54) is 56.4 Å². The minimum absolute atomic E-state index is 0.0307. The molecule has 0 unspecified atom stereocenters. The number of aryl methyl sites for hydroxylation is 1. The predicted molar refractivity (Wildman–Crippen MR) is 142 cm³/mol. The number of carbonyl (C=O) groups excluding carboxylic acids is 1. The van der Waals surface area contributed by atoms with Gasteiger partial charge in [-0.3, -0.25) is 4.79 Å². The molecule has 1 N–H and O–H groups in total. The van der Waals surface area contributed by atoms with E-state index < -0.39 is 6.43 Å². The zero-order valence-corrected chi connectivity index (χ0v) is 22.5. The van der Waals surface area contributed by atoms with Crippen molar-refractivity contribution in [3.8, 4) is 11.8 Å². The second-order valence-electron chi connectivity index (χ2n) is 11.2. The minimum atomic E-state index is -2.71. The molecule has 1 aromatic heterocycles. The number of pyridine rings is 1. The van der Waals surface area contributed by atoms with Crippen LogP contribution in [0.25, 0.3) is 0 Å². The lowest BCUT2D eigenvalue weighted by molar-refractivity contribution is -0.129. The molecule has 0 atom stereocenters. The lowest BCUT2D eigenvalue weighted by Crippen LogP contribution is -2.47. The summed E-state index contributed by atoms with van der Waals surface area (Å²) in [6.45, 7) is 1.63. The van der Waals surface area contributed by atoms with E-state index >= 15 is 0 Å². The third kappa shape index (κ3) is 5.70. The molecule has 4 bridgehead atoms. The summed E-state index contributed by atoms with van der Waals surface area (Å²) < 4.78 is 32.0. The van der Waals surface area contributed by atoms with Gasteiger partial charge in [-0.15, -0.1) is 11.8 Å². The highest BCUT2D eigenvalue weighted by Crippen LogP contribution is 2.61. The maximum atomic E-state index is 13.3. The molecule has 0 spiro atoms. The van der Waals surface area contributed by atoms with Crippen LogP contribution in [0.2, 0.25) is 0 Å². The maximum Gasteiger partial charge on any atom is 0.280 e. The number of aromatic nitrogens is 1. The number of thioether (sulfide) groups is 1. The van der Waals surface area contributed by atoms with E-state index in [9.17, 15) is 18.8 Å². The molecule has 2 aromatic rings. The van der Waals surface area contributed by atoms with Crippen LogP contribution in [0.3, 0.4) is 0 Å². The number of halogens is 2. The molecule has 0 saturated heterocycles. The Morgan fingerprint density at radius 1 is 1.26 bits per heavy atom. The van der Waals surface area contributed by atoms with Crippen molar-refractivity contribution in [3.63, 3.8) is 0 Å². The van der Waals surface area contributed by atoms with Gasteiger partial charge in [0, 0.05) is 17.7 Å². The molecule has 6 rings (SSSR count). The monoisotopic (exact) mass is 538 g/mol. The predicted octanol–water partition coefficient (Wildman–Crippen LogP) is 6.56. The second-order valence-corrected chi connectivity index (χ2v) is 12.2. The fraction of sp³-hybridized carbons (Fsp3) is 0.517. The Morgan fingerprint density at radius 3 is 2.55 bits per heavy atom. The van der Waals surface area contributed by atoms with Crippen LogP contribution in [0.4, 0.5) is 8.78 Å². The SMILES string of the molecule is COc1ccc(C=NNC(=O)CC23CC4CC(CC(C4)C2)C3)cc1CSc1nc(C(F)F)cc(C)c1C#N. The normalized spacial score (nSPS) is 25.6. The van der Waals surface area contributed by atoms with Crippen LogP contribution in [0, 0.1) is 41.4 Å². The minimum Gasteiger partial charge on any atom is -0.496 e. The van der Waals surface area contributed by atoms with Gasteiger partial charge in [0.25, 0.3) is 6.43 Å². The van der Waals surface area contributed by atoms with Gasteiger partial charge in [-0.1, -0.05) is 0 Å². The molecule has 4 saturated carbocycles. The highest BCUT2D eigenvalue weighted by Gasteiger charge is 2.51. The van der Waals surface area contributed by atoms with Gasteiger partial charge in [0.15, 0.2) is 0 Å². The van der Waals surface area contributed by atoms with Crippen molar-refractivity contribution in [2.24, 2.45) is 28.3 Å². The number of hydrogen-bond acceptors (Lipinski definition) is 6. The Labute approximate surface area is 226 Å². The Hall–Kier alpha value is -2.99. The van der Waals surface area contributed by atoms with E-state index in [1.54, 1.807) is 26.3 Å². The highest BCUT2D eigenvalue weighted by atomic mass is 32.2. The van der Waals surface area contributed by atoms with Crippen molar-refractivity contribution < 1.29 is 18.3 Å². The first-order valence-electron chi connectivity index (χ1n) is 13.1. The van der Waals surface area contributed by atoms with Crippen molar-refractivity contribution in [2.45, 2.75) is 69.1 Å². The van der Waals surface area contributed by atoms with Gasteiger partial charge < -0.3 is 4.74 Å². The van der Waals surface area contributed by atoms with E-state index in [0.29, 0.717) is 23.5 Å². The van der Waals surface area contributed by atoms with Crippen molar-refractivity contribution in [2.75, 3.05) is 7.11 Å². The number of alkyl halides is 2. The zero-order chi connectivity index (χ0) is 26.9. The van der Waals surface area contributed by atoms with Crippen LogP contribution in [-0.4, -0.2) is 24.2 Å². The maximum absolute atomic E-state index is 13.3. The van der Waals surface area contributed by atoms with Gasteiger partial charge in [0.05, 0.1) is 18.9 Å². The smallest absolute Gasteiger partial charge is 0.280 e. The number of benzene rings is 1. The first-order valence-corrected chi connectivity index (χ1v) is 14.1. The molecular weight excluding hydrogens is 506 g/mol. The van der Waals surface area contributed by atoms with E-state index in [2.05, 4.69) is 21.6 Å². The van der Waals surface area contributed by atoms with Crippen LogP contribution in [0.15, 0.2) is 34.4 Å². The quantitative estimate of drug-likeness (QED) is 0.222. The third-order valence-corrected chi connectivity index (χ3v) is 9.34. The van der Waals surface area contributed by atoms with Gasteiger partial charge in [0.1, 0.15) is 22.5 Å². The summed E-state index contributed by atoms with van der Waals surface area (Å²) in [6.07, 6.45) is 7.02. The molecule has 9 heteroatoms. The summed E-state index contributed by atoms with van der Waals surface area (Å²) in [7, 11) is 1.56. The summed E-state index contributed by atoms with van der Waals surface area (Å²) in [5.74, 6) is 3.35. The molecule has 1 aromatic carbocycles. The summed E-state index contributed by atoms with van der Waals surface area (Å²) in [4.78, 5) is 16.8. The average Bonchev–Trinajstić information content (AvgIpc) is 2.86. The van der Waals surface area contributed by atoms with Gasteiger partial charge in [0.2, 0.25) is 5.91 Å². The number of nitrogens with zero attached hydrogens (tertiary/aromatic N) is 3. The third-order valence-electron chi connectivity index (χ3n) is 8.31. The molecule has 38 heavy (non-hydrogen) atoms. The van der Waals surface area contributed by atoms with E-state index in [1.807, 2.05) is 12.1 Å². The molecule has 1 amide bonds. The topological polar surface area (TPSA) is 87.4 Å². The Kier molecular flexibility index (Phi) is 7.71. The fourth-order valence-corrected chi connectivity index (χ4v) is 8.26. The number of hydrogen-bond donors (Lipinski definition) is 1. The molecule has 6 nitrogen and oxygen atoms in total. The Balaban J connectivity index is 1.23. The molecule has 0 aliphatic heterocycles. The lowest BCUT2D eigenvalue weighted by atomic mass is 9.49. The van der Waals surface area contributed by atoms with Gasteiger partial charge >= 0.3 is 0 Å². The van der Waals surface area contributed by atoms with Crippen LogP contribution < -0.4 is 10.2 Å². The Morgan fingerprint density at radius 2 is 1.95 bits per heavy atom. The average molecular weight is 539 g/mol. The Bertz CT molecular complexity index is 1250. The van der Waals surface area contributed by atoms with Crippen molar-refractivity contribution in [3.05, 3.63) is 52.2 Å². The molecule has 200 valence electrons. The van der Waals surface area contributed by atoms with E-state index in [0.717, 1.165) is 28.9 Å². The number of rotatable bonds is 9. The van der Waals surface area contributed by atoms with Gasteiger partial charge in [-0.05, 0) is 104 Å². The number of methoxy groups -OCH3 is 1. The van der Waals surface area contributed by atoms with Crippen molar-refractivity contribution in [1.82, 2.24) is 10.4 Å². The van der Waals surface area contributed by atoms with Crippen LogP contribution in [-0.2, 0) is 10.5 Å². The highest BCUT2D eigenvalue weighted by molar-refractivity contribution is 7.98. The summed E-state index contributed by atoms with van der Waals surface area (Å²) >= 11 is 1.21. The number of amides is 1. The van der Waals surface area contributed by atoms with E-state index in [-0.39, 0.29) is 27.6 Å². The second kappa shape index (κ2) is 11.0. The summed E-state index contributed by atoms with van der Waals surface area (Å²) in [5.41, 5.74) is 4.87. The van der Waals surface area contributed by atoms with Crippen molar-refractivity contribution in [1.29, 1.82) is 5.26 Å². The number of hydrazone groups is 1. The number of nitrogens with one attached hydrogen (secondary N) is 1. The first kappa shape index (κ1) is 26.6. The zero-order valence-electron chi connectivity index (χ0n) is 21.7. The van der Waals surface area contributed by atoms with Crippen molar-refractivity contribution >= 4 is 23.9 Å². The summed E-state index contributed by atoms with van der Waals surface area (Å²) in [5, 5.41) is 14.0. The molecule has 4 fully saturated rings. The standard InChI is InChI=1S/C29H32F2N4O2S/c1-17-5-24(27(30)31)34-28(23(17)14-32)38-16-22-9-18(3-4-25(22)37-2)15-33-35-26(36)13-29-10-19-6-20(11-29)8-21(7-19)12-29/h3-5,9,15,19-21,27H,6-8,10-13,16H2,1-2H3,(H,35,36). The van der Waals surface area contributed by atoms with Gasteiger partial charge in [-0.2, -0.15) is 10.4 Å². The molecule has 4 aliphatic rings. The first-order chi connectivity index (χ1) is 18.3. The van der Waals surface area contributed by atoms with Crippen LogP contribution in [0.1, 0.15) is 79.3 Å². The van der Waals surface area contributed by atoms with Gasteiger partial charge in [-0.25, -0.2) is 19.2 Å². The number of ether oxygens (including phenoxy) is 1. The van der Waals surface area contributed by atoms with Crippen LogP contribution >= 0.6 is 11.8 Å². The molecule has 1 heterocycles. The van der Waals surface area contributed by atoms with E-state index in [4.69, 9.17) is 4.74 Å². The number of carbonyl (C=O) groups is 1. The number of nitriles is 1. The molecule has 4 aliphatic carbocycles. The summed E-state index contributed by atoms with van der Waals surface area (Å²) in [6, 6.07) is 8.83.